The highest BCUT2D eigenvalue weighted by atomic mass is 15.2. The third-order valence-electron chi connectivity index (χ3n) is 5.32. The Morgan fingerprint density at radius 1 is 0.905 bits per heavy atom. The van der Waals surface area contributed by atoms with E-state index in [0.29, 0.717) is 11.6 Å². The minimum atomic E-state index is 0.314. The molecule has 0 amide bonds. The lowest BCUT2D eigenvalue weighted by molar-refractivity contribution is 0.102. The van der Waals surface area contributed by atoms with Gasteiger partial charge in [-0.25, -0.2) is 0 Å². The summed E-state index contributed by atoms with van der Waals surface area (Å²) in [5, 5.41) is 3.77. The quantitative estimate of drug-likeness (QED) is 0.511. The maximum atomic E-state index is 3.77. The molecule has 1 heterocycles. The summed E-state index contributed by atoms with van der Waals surface area (Å²) < 4.78 is 0. The van der Waals surface area contributed by atoms with Crippen LogP contribution in [0.1, 0.15) is 91.9 Å². The van der Waals surface area contributed by atoms with Gasteiger partial charge in [-0.1, -0.05) is 58.8 Å². The highest BCUT2D eigenvalue weighted by Gasteiger charge is 2.35. The number of unbranched alkanes of at least 4 members (excludes halogenated alkanes) is 6. The molecular weight excluding hydrogens is 256 g/mol. The van der Waals surface area contributed by atoms with Gasteiger partial charge in [0.1, 0.15) is 0 Å². The summed E-state index contributed by atoms with van der Waals surface area (Å²) >= 11 is 0. The molecule has 0 aromatic heterocycles. The second kappa shape index (κ2) is 10.6. The second-order valence-electron chi connectivity index (χ2n) is 7.37. The lowest BCUT2D eigenvalue weighted by atomic mass is 9.88. The van der Waals surface area contributed by atoms with Crippen molar-refractivity contribution in [2.24, 2.45) is 0 Å². The fourth-order valence-corrected chi connectivity index (χ4v) is 3.77. The standard InChI is InChI=1S/C19H40N2/c1-5-7-8-9-10-11-12-15-18(20-6-2)19(3,4)21-16-13-14-17-21/h18,20H,5-17H2,1-4H3. The molecule has 1 N–H and O–H groups in total. The lowest BCUT2D eigenvalue weighted by Crippen LogP contribution is -2.56. The van der Waals surface area contributed by atoms with Gasteiger partial charge in [0.05, 0.1) is 0 Å². The van der Waals surface area contributed by atoms with Crippen molar-refractivity contribution in [3.05, 3.63) is 0 Å². The molecule has 21 heavy (non-hydrogen) atoms. The summed E-state index contributed by atoms with van der Waals surface area (Å²) in [7, 11) is 0. The highest BCUT2D eigenvalue weighted by Crippen LogP contribution is 2.27. The number of rotatable bonds is 12. The molecule has 1 unspecified atom stereocenters. The van der Waals surface area contributed by atoms with E-state index in [1.54, 1.807) is 0 Å². The molecule has 2 nitrogen and oxygen atoms in total. The molecule has 0 saturated carbocycles. The van der Waals surface area contributed by atoms with E-state index in [0.717, 1.165) is 6.54 Å². The van der Waals surface area contributed by atoms with Crippen LogP contribution in [0.5, 0.6) is 0 Å². The molecule has 1 aliphatic heterocycles. The first kappa shape index (κ1) is 19.0. The number of nitrogens with one attached hydrogen (secondary N) is 1. The van der Waals surface area contributed by atoms with Crippen molar-refractivity contribution in [1.29, 1.82) is 0 Å². The maximum Gasteiger partial charge on any atom is 0.0306 e. The van der Waals surface area contributed by atoms with Crippen LogP contribution in [0.3, 0.4) is 0 Å². The molecule has 1 atom stereocenters. The molecule has 0 aliphatic carbocycles. The minimum Gasteiger partial charge on any atom is -0.312 e. The van der Waals surface area contributed by atoms with Crippen molar-refractivity contribution < 1.29 is 0 Å². The summed E-state index contributed by atoms with van der Waals surface area (Å²) in [6.07, 6.45) is 14.0. The van der Waals surface area contributed by atoms with Gasteiger partial charge in [0.15, 0.2) is 0 Å². The first-order chi connectivity index (χ1) is 10.1. The molecule has 0 spiro atoms. The molecule has 1 rings (SSSR count). The van der Waals surface area contributed by atoms with Gasteiger partial charge < -0.3 is 5.32 Å². The lowest BCUT2D eigenvalue weighted by Gasteiger charge is -2.42. The van der Waals surface area contributed by atoms with E-state index in [4.69, 9.17) is 0 Å². The van der Waals surface area contributed by atoms with E-state index in [1.807, 2.05) is 0 Å². The van der Waals surface area contributed by atoms with Crippen LogP contribution in [0.25, 0.3) is 0 Å². The average molecular weight is 297 g/mol. The Hall–Kier alpha value is -0.0800. The predicted molar refractivity (Wildman–Crippen MR) is 95.0 cm³/mol. The molecule has 126 valence electrons. The zero-order valence-electron chi connectivity index (χ0n) is 15.2. The first-order valence-electron chi connectivity index (χ1n) is 9.61. The van der Waals surface area contributed by atoms with Gasteiger partial charge in [-0.3, -0.25) is 4.90 Å². The average Bonchev–Trinajstić information content (AvgIpc) is 3.00. The number of hydrogen-bond acceptors (Lipinski definition) is 2. The van der Waals surface area contributed by atoms with Gasteiger partial charge in [0, 0.05) is 11.6 Å². The highest BCUT2D eigenvalue weighted by molar-refractivity contribution is 4.95. The van der Waals surface area contributed by atoms with E-state index >= 15 is 0 Å². The second-order valence-corrected chi connectivity index (χ2v) is 7.37. The van der Waals surface area contributed by atoms with E-state index in [-0.39, 0.29) is 0 Å². The van der Waals surface area contributed by atoms with E-state index in [2.05, 4.69) is 37.9 Å². The molecule has 2 heteroatoms. The largest absolute Gasteiger partial charge is 0.312 e. The van der Waals surface area contributed by atoms with Crippen LogP contribution in [0.4, 0.5) is 0 Å². The van der Waals surface area contributed by atoms with E-state index in [1.165, 1.54) is 77.3 Å². The zero-order chi connectivity index (χ0) is 15.6. The van der Waals surface area contributed by atoms with Crippen molar-refractivity contribution in [2.75, 3.05) is 19.6 Å². The summed E-state index contributed by atoms with van der Waals surface area (Å²) in [6.45, 7) is 13.1. The van der Waals surface area contributed by atoms with Crippen molar-refractivity contribution in [3.63, 3.8) is 0 Å². The minimum absolute atomic E-state index is 0.314. The number of likely N-dealkylation sites (N-methyl/N-ethyl adjacent to an activating group) is 1. The molecule has 0 aromatic rings. The summed E-state index contributed by atoms with van der Waals surface area (Å²) in [5.41, 5.74) is 0.314. The molecule has 1 fully saturated rings. The zero-order valence-corrected chi connectivity index (χ0v) is 15.2. The van der Waals surface area contributed by atoms with Gasteiger partial charge in [0.25, 0.3) is 0 Å². The molecule has 0 bridgehead atoms. The maximum absolute atomic E-state index is 3.77. The Balaban J connectivity index is 2.28. The van der Waals surface area contributed by atoms with Crippen molar-refractivity contribution in [1.82, 2.24) is 10.2 Å². The summed E-state index contributed by atoms with van der Waals surface area (Å²) in [5.74, 6) is 0. The van der Waals surface area contributed by atoms with Crippen LogP contribution in [0, 0.1) is 0 Å². The fraction of sp³-hybridized carbons (Fsp3) is 1.00. The van der Waals surface area contributed by atoms with E-state index < -0.39 is 0 Å². The van der Waals surface area contributed by atoms with Gasteiger partial charge in [-0.05, 0) is 52.7 Å². The van der Waals surface area contributed by atoms with Crippen LogP contribution >= 0.6 is 0 Å². The predicted octanol–water partition coefficient (Wildman–Crippen LogP) is 4.98. The Kier molecular flexibility index (Phi) is 9.59. The topological polar surface area (TPSA) is 15.3 Å². The third-order valence-corrected chi connectivity index (χ3v) is 5.32. The molecule has 1 aliphatic rings. The van der Waals surface area contributed by atoms with Crippen LogP contribution in [0.2, 0.25) is 0 Å². The van der Waals surface area contributed by atoms with Gasteiger partial charge >= 0.3 is 0 Å². The number of hydrogen-bond donors (Lipinski definition) is 1. The molecular formula is C19H40N2. The SMILES string of the molecule is CCCCCCCCCC(NCC)C(C)(C)N1CCCC1. The summed E-state index contributed by atoms with van der Waals surface area (Å²) in [4.78, 5) is 2.71. The third kappa shape index (κ3) is 6.69. The van der Waals surface area contributed by atoms with E-state index in [9.17, 15) is 0 Å². The number of nitrogens with zero attached hydrogens (tertiary/aromatic N) is 1. The Bertz CT molecular complexity index is 244. The fourth-order valence-electron chi connectivity index (χ4n) is 3.77. The first-order valence-corrected chi connectivity index (χ1v) is 9.61. The molecule has 0 radical (unpaired) electrons. The van der Waals surface area contributed by atoms with Gasteiger partial charge in [0.2, 0.25) is 0 Å². The molecule has 0 aromatic carbocycles. The van der Waals surface area contributed by atoms with Crippen LogP contribution in [-0.2, 0) is 0 Å². The van der Waals surface area contributed by atoms with Crippen molar-refractivity contribution >= 4 is 0 Å². The van der Waals surface area contributed by atoms with Gasteiger partial charge in [-0.2, -0.15) is 0 Å². The molecule has 1 saturated heterocycles. The van der Waals surface area contributed by atoms with Crippen LogP contribution in [-0.4, -0.2) is 36.1 Å². The Morgan fingerprint density at radius 2 is 1.48 bits per heavy atom. The van der Waals surface area contributed by atoms with Gasteiger partial charge in [-0.15, -0.1) is 0 Å². The van der Waals surface area contributed by atoms with Crippen molar-refractivity contribution in [3.8, 4) is 0 Å². The Morgan fingerprint density at radius 3 is 2.05 bits per heavy atom. The van der Waals surface area contributed by atoms with Crippen LogP contribution in [0.15, 0.2) is 0 Å². The number of likely N-dealkylation sites (tertiary alicyclic amines) is 1. The summed E-state index contributed by atoms with van der Waals surface area (Å²) in [6, 6.07) is 0.649. The smallest absolute Gasteiger partial charge is 0.0306 e. The monoisotopic (exact) mass is 296 g/mol. The Labute approximate surface area is 134 Å². The normalized spacial score (nSPS) is 18.3. The van der Waals surface area contributed by atoms with Crippen molar-refractivity contribution in [2.45, 2.75) is 103 Å². The van der Waals surface area contributed by atoms with Crippen LogP contribution < -0.4 is 5.32 Å².